The Labute approximate surface area is 136 Å². The molecule has 1 aromatic carbocycles. The molecule has 0 unspecified atom stereocenters. The van der Waals surface area contributed by atoms with Gasteiger partial charge in [-0.05, 0) is 12.0 Å². The number of hydrogen-bond donors (Lipinski definition) is 1. The molecule has 0 bridgehead atoms. The quantitative estimate of drug-likeness (QED) is 0.823. The zero-order chi connectivity index (χ0) is 16.1. The van der Waals surface area contributed by atoms with E-state index in [4.69, 9.17) is 4.74 Å². The molecular formula is C16H21N3O3S. The zero-order valence-electron chi connectivity index (χ0n) is 12.9. The van der Waals surface area contributed by atoms with E-state index in [0.717, 1.165) is 23.2 Å². The van der Waals surface area contributed by atoms with Crippen LogP contribution < -0.4 is 4.72 Å². The second-order valence-corrected chi connectivity index (χ2v) is 7.52. The summed E-state index contributed by atoms with van der Waals surface area (Å²) >= 11 is 0. The first-order valence-electron chi connectivity index (χ1n) is 7.77. The maximum Gasteiger partial charge on any atom is 0.211 e. The molecule has 124 valence electrons. The molecule has 3 rings (SSSR count). The van der Waals surface area contributed by atoms with Crippen LogP contribution >= 0.6 is 0 Å². The van der Waals surface area contributed by atoms with Gasteiger partial charge in [-0.3, -0.25) is 4.68 Å². The molecule has 2 heterocycles. The van der Waals surface area contributed by atoms with Gasteiger partial charge in [-0.25, -0.2) is 13.1 Å². The van der Waals surface area contributed by atoms with Gasteiger partial charge in [0.1, 0.15) is 0 Å². The highest BCUT2D eigenvalue weighted by atomic mass is 32.2. The van der Waals surface area contributed by atoms with Crippen LogP contribution in [0.5, 0.6) is 0 Å². The van der Waals surface area contributed by atoms with Gasteiger partial charge < -0.3 is 4.74 Å². The van der Waals surface area contributed by atoms with Gasteiger partial charge in [0.25, 0.3) is 0 Å². The first-order valence-corrected chi connectivity index (χ1v) is 9.42. The Balaban J connectivity index is 1.48. The number of ether oxygens (including phenoxy) is 1. The smallest absolute Gasteiger partial charge is 0.211 e. The van der Waals surface area contributed by atoms with Gasteiger partial charge >= 0.3 is 0 Å². The maximum absolute atomic E-state index is 12.1. The molecule has 0 saturated heterocycles. The monoisotopic (exact) mass is 335 g/mol. The number of fused-ring (bicyclic) bond motifs is 1. The van der Waals surface area contributed by atoms with Crippen LogP contribution in [-0.2, 0) is 40.8 Å². The molecule has 1 N–H and O–H groups in total. The van der Waals surface area contributed by atoms with Gasteiger partial charge in [0, 0.05) is 24.2 Å². The van der Waals surface area contributed by atoms with Crippen molar-refractivity contribution in [1.29, 1.82) is 0 Å². The normalized spacial score (nSPS) is 14.6. The summed E-state index contributed by atoms with van der Waals surface area (Å²) in [5.41, 5.74) is 3.28. The Morgan fingerprint density at radius 1 is 1.26 bits per heavy atom. The van der Waals surface area contributed by atoms with Crippen molar-refractivity contribution in [2.75, 3.05) is 18.9 Å². The number of aryl methyl sites for hydroxylation is 1. The number of sulfonamides is 1. The summed E-state index contributed by atoms with van der Waals surface area (Å²) < 4.78 is 34.0. The number of nitrogens with zero attached hydrogens (tertiary/aromatic N) is 2. The number of rotatable bonds is 7. The number of hydrogen-bond acceptors (Lipinski definition) is 4. The van der Waals surface area contributed by atoms with Crippen molar-refractivity contribution in [3.8, 4) is 0 Å². The number of aromatic nitrogens is 2. The average Bonchev–Trinajstić information content (AvgIpc) is 2.97. The molecule has 0 fully saturated rings. The third-order valence-corrected chi connectivity index (χ3v) is 5.31. The molecule has 6 nitrogen and oxygen atoms in total. The van der Waals surface area contributed by atoms with E-state index in [0.29, 0.717) is 32.7 Å². The van der Waals surface area contributed by atoms with E-state index < -0.39 is 10.0 Å². The Kier molecular flexibility index (Phi) is 5.09. The van der Waals surface area contributed by atoms with Gasteiger partial charge in [-0.1, -0.05) is 30.3 Å². The lowest BCUT2D eigenvalue weighted by Gasteiger charge is -2.14. The highest BCUT2D eigenvalue weighted by Crippen LogP contribution is 2.15. The fraction of sp³-hybridized carbons (Fsp3) is 0.438. The minimum Gasteiger partial charge on any atom is -0.376 e. The second kappa shape index (κ2) is 7.25. The molecule has 0 radical (unpaired) electrons. The number of benzene rings is 1. The van der Waals surface area contributed by atoms with Crippen LogP contribution in [0.2, 0.25) is 0 Å². The maximum atomic E-state index is 12.1. The van der Waals surface area contributed by atoms with Crippen molar-refractivity contribution in [2.24, 2.45) is 0 Å². The van der Waals surface area contributed by atoms with E-state index >= 15 is 0 Å². The minimum absolute atomic E-state index is 0.0993. The van der Waals surface area contributed by atoms with Crippen molar-refractivity contribution in [3.05, 3.63) is 53.3 Å². The SMILES string of the molecule is O=S(=O)(CCc1ccccc1)NCCn1ncc2c1CCOC2. The van der Waals surface area contributed by atoms with Gasteiger partial charge in [0.2, 0.25) is 10.0 Å². The fourth-order valence-corrected chi connectivity index (χ4v) is 3.73. The van der Waals surface area contributed by atoms with Crippen molar-refractivity contribution in [1.82, 2.24) is 14.5 Å². The molecule has 2 aromatic rings. The van der Waals surface area contributed by atoms with Gasteiger partial charge in [-0.15, -0.1) is 0 Å². The number of nitrogens with one attached hydrogen (secondary N) is 1. The fourth-order valence-electron chi connectivity index (χ4n) is 2.68. The topological polar surface area (TPSA) is 73.2 Å². The molecule has 0 amide bonds. The van der Waals surface area contributed by atoms with Crippen LogP contribution in [0.25, 0.3) is 0 Å². The van der Waals surface area contributed by atoms with Crippen LogP contribution in [0.15, 0.2) is 36.5 Å². The van der Waals surface area contributed by atoms with E-state index in [1.807, 2.05) is 35.0 Å². The lowest BCUT2D eigenvalue weighted by atomic mass is 10.2. The van der Waals surface area contributed by atoms with Crippen LogP contribution in [0, 0.1) is 0 Å². The molecule has 0 spiro atoms. The van der Waals surface area contributed by atoms with Crippen LogP contribution in [-0.4, -0.2) is 37.1 Å². The Hall–Kier alpha value is -1.70. The van der Waals surface area contributed by atoms with Crippen LogP contribution in [0.3, 0.4) is 0 Å². The summed E-state index contributed by atoms with van der Waals surface area (Å²) in [5, 5.41) is 4.31. The molecule has 1 aliphatic rings. The van der Waals surface area contributed by atoms with Gasteiger partial charge in [0.15, 0.2) is 0 Å². The van der Waals surface area contributed by atoms with E-state index in [-0.39, 0.29) is 5.75 Å². The molecule has 1 aromatic heterocycles. The van der Waals surface area contributed by atoms with Gasteiger partial charge in [0.05, 0.1) is 31.7 Å². The third-order valence-electron chi connectivity index (χ3n) is 3.92. The summed E-state index contributed by atoms with van der Waals surface area (Å²) in [6.45, 7) is 2.19. The van der Waals surface area contributed by atoms with Crippen molar-refractivity contribution < 1.29 is 13.2 Å². The standard InChI is InChI=1S/C16H21N3O3S/c20-23(21,11-7-14-4-2-1-3-5-14)18-8-9-19-16-6-10-22-13-15(16)12-17-19/h1-5,12,18H,6-11,13H2. The first kappa shape index (κ1) is 16.2. The van der Waals surface area contributed by atoms with E-state index in [1.165, 1.54) is 0 Å². The highest BCUT2D eigenvalue weighted by Gasteiger charge is 2.16. The van der Waals surface area contributed by atoms with Crippen LogP contribution in [0.1, 0.15) is 16.8 Å². The third kappa shape index (κ3) is 4.40. The predicted octanol–water partition coefficient (Wildman–Crippen LogP) is 1.12. The summed E-state index contributed by atoms with van der Waals surface area (Å²) in [7, 11) is -3.27. The molecule has 23 heavy (non-hydrogen) atoms. The molecule has 0 atom stereocenters. The summed E-state index contributed by atoms with van der Waals surface area (Å²) in [6.07, 6.45) is 3.15. The molecule has 1 aliphatic heterocycles. The van der Waals surface area contributed by atoms with E-state index in [2.05, 4.69) is 9.82 Å². The van der Waals surface area contributed by atoms with Crippen molar-refractivity contribution in [3.63, 3.8) is 0 Å². The Morgan fingerprint density at radius 3 is 2.91 bits per heavy atom. The first-order chi connectivity index (χ1) is 11.1. The lowest BCUT2D eigenvalue weighted by molar-refractivity contribution is 0.109. The zero-order valence-corrected chi connectivity index (χ0v) is 13.8. The molecular weight excluding hydrogens is 314 g/mol. The summed E-state index contributed by atoms with van der Waals surface area (Å²) in [6, 6.07) is 9.63. The largest absolute Gasteiger partial charge is 0.376 e. The van der Waals surface area contributed by atoms with E-state index in [9.17, 15) is 8.42 Å². The summed E-state index contributed by atoms with van der Waals surface area (Å²) in [5.74, 6) is 0.0993. The predicted molar refractivity (Wildman–Crippen MR) is 87.5 cm³/mol. The lowest BCUT2D eigenvalue weighted by Crippen LogP contribution is -2.31. The molecule has 7 heteroatoms. The van der Waals surface area contributed by atoms with Crippen molar-refractivity contribution >= 4 is 10.0 Å². The average molecular weight is 335 g/mol. The Morgan fingerprint density at radius 2 is 2.09 bits per heavy atom. The van der Waals surface area contributed by atoms with Crippen molar-refractivity contribution in [2.45, 2.75) is 26.0 Å². The van der Waals surface area contributed by atoms with Gasteiger partial charge in [-0.2, -0.15) is 5.10 Å². The highest BCUT2D eigenvalue weighted by molar-refractivity contribution is 7.89. The Bertz CT molecular complexity index is 741. The molecule has 0 aliphatic carbocycles. The summed E-state index contributed by atoms with van der Waals surface area (Å²) in [4.78, 5) is 0. The van der Waals surface area contributed by atoms with E-state index in [1.54, 1.807) is 6.20 Å². The minimum atomic E-state index is -3.27. The molecule has 0 saturated carbocycles. The van der Waals surface area contributed by atoms with Crippen LogP contribution in [0.4, 0.5) is 0 Å². The second-order valence-electron chi connectivity index (χ2n) is 5.59.